The van der Waals surface area contributed by atoms with Crippen LogP contribution in [0.15, 0.2) is 84.9 Å². The summed E-state index contributed by atoms with van der Waals surface area (Å²) < 4.78 is 0. The van der Waals surface area contributed by atoms with E-state index in [4.69, 9.17) is 0 Å². The van der Waals surface area contributed by atoms with Gasteiger partial charge in [-0.1, -0.05) is 86.6 Å². The Balaban J connectivity index is 2.21. The smallest absolute Gasteiger partial charge is 0.336 e. The van der Waals surface area contributed by atoms with Gasteiger partial charge in [0, 0.05) is 5.41 Å². The van der Waals surface area contributed by atoms with Crippen molar-refractivity contribution in [3.63, 3.8) is 0 Å². The Morgan fingerprint density at radius 2 is 0.821 bits per heavy atom. The van der Waals surface area contributed by atoms with Gasteiger partial charge in [0.25, 0.3) is 0 Å². The van der Waals surface area contributed by atoms with Crippen LogP contribution in [-0.4, -0.2) is 44.3 Å². The SMILES string of the molecule is CC(C)(c1c(C(=O)O)ccc(-c2ccccc2)c1C(=O)O)c1c(C(=O)O)ccc(-c2ccccc2)c1C(=O)O. The van der Waals surface area contributed by atoms with Gasteiger partial charge in [0.05, 0.1) is 22.3 Å². The van der Waals surface area contributed by atoms with E-state index in [2.05, 4.69) is 0 Å². The van der Waals surface area contributed by atoms with Crippen molar-refractivity contribution in [2.75, 3.05) is 0 Å². The first-order valence-corrected chi connectivity index (χ1v) is 11.9. The van der Waals surface area contributed by atoms with Gasteiger partial charge in [-0.3, -0.25) is 0 Å². The first kappa shape index (κ1) is 26.8. The maximum Gasteiger partial charge on any atom is 0.336 e. The van der Waals surface area contributed by atoms with Gasteiger partial charge < -0.3 is 20.4 Å². The molecule has 4 aromatic carbocycles. The van der Waals surface area contributed by atoms with Crippen LogP contribution in [0.2, 0.25) is 0 Å². The van der Waals surface area contributed by atoms with Crippen LogP contribution in [0.3, 0.4) is 0 Å². The summed E-state index contributed by atoms with van der Waals surface area (Å²) >= 11 is 0. The summed E-state index contributed by atoms with van der Waals surface area (Å²) in [4.78, 5) is 50.4. The van der Waals surface area contributed by atoms with Crippen LogP contribution in [0.4, 0.5) is 0 Å². The maximum atomic E-state index is 12.8. The molecular formula is C31H24O8. The van der Waals surface area contributed by atoms with E-state index in [0.717, 1.165) is 0 Å². The lowest BCUT2D eigenvalue weighted by atomic mass is 9.68. The number of aromatic carboxylic acids is 4. The molecule has 4 N–H and O–H groups in total. The van der Waals surface area contributed by atoms with Crippen LogP contribution in [0, 0.1) is 0 Å². The molecule has 8 nitrogen and oxygen atoms in total. The fourth-order valence-electron chi connectivity index (χ4n) is 5.15. The van der Waals surface area contributed by atoms with Gasteiger partial charge in [0.1, 0.15) is 0 Å². The van der Waals surface area contributed by atoms with E-state index in [1.54, 1.807) is 60.7 Å². The van der Waals surface area contributed by atoms with Crippen LogP contribution in [0.1, 0.15) is 66.4 Å². The van der Waals surface area contributed by atoms with Gasteiger partial charge in [-0.05, 0) is 45.5 Å². The van der Waals surface area contributed by atoms with Gasteiger partial charge in [-0.15, -0.1) is 0 Å². The first-order valence-electron chi connectivity index (χ1n) is 11.9. The Morgan fingerprint density at radius 1 is 0.487 bits per heavy atom. The highest BCUT2D eigenvalue weighted by molar-refractivity contribution is 6.06. The molecule has 0 aliphatic heterocycles. The highest BCUT2D eigenvalue weighted by Gasteiger charge is 2.40. The quantitative estimate of drug-likeness (QED) is 0.215. The van der Waals surface area contributed by atoms with Crippen molar-refractivity contribution in [2.24, 2.45) is 0 Å². The summed E-state index contributed by atoms with van der Waals surface area (Å²) in [6.45, 7) is 2.89. The molecule has 39 heavy (non-hydrogen) atoms. The van der Waals surface area contributed by atoms with Crippen LogP contribution in [0.5, 0.6) is 0 Å². The lowest BCUT2D eigenvalue weighted by Gasteiger charge is -2.33. The highest BCUT2D eigenvalue weighted by atomic mass is 16.4. The molecule has 0 spiro atoms. The van der Waals surface area contributed by atoms with Crippen LogP contribution < -0.4 is 0 Å². The number of hydrogen-bond donors (Lipinski definition) is 4. The number of hydrogen-bond acceptors (Lipinski definition) is 4. The van der Waals surface area contributed by atoms with E-state index in [1.807, 2.05) is 0 Å². The van der Waals surface area contributed by atoms with E-state index in [-0.39, 0.29) is 44.5 Å². The molecule has 8 heteroatoms. The fourth-order valence-corrected chi connectivity index (χ4v) is 5.15. The third-order valence-corrected chi connectivity index (χ3v) is 6.72. The predicted octanol–water partition coefficient (Wildman–Crippen LogP) is 6.14. The first-order chi connectivity index (χ1) is 18.5. The Kier molecular flexibility index (Phi) is 7.05. The standard InChI is InChI=1S/C31H24O8/c1-31(2,25-21(27(32)33)15-13-19(23(25)29(36)37)17-9-5-3-6-10-17)26-22(28(34)35)16-14-20(24(26)30(38)39)18-11-7-4-8-12-18/h3-16H,1-2H3,(H,32,33)(H,34,35)(H,36,37)(H,38,39). The van der Waals surface area contributed by atoms with Crippen molar-refractivity contribution in [3.8, 4) is 22.3 Å². The molecular weight excluding hydrogens is 500 g/mol. The second-order valence-electron chi connectivity index (χ2n) is 9.40. The molecule has 0 aromatic heterocycles. The number of benzene rings is 4. The van der Waals surface area contributed by atoms with Gasteiger partial charge in [0.2, 0.25) is 0 Å². The molecule has 0 saturated carbocycles. The van der Waals surface area contributed by atoms with E-state index >= 15 is 0 Å². The molecule has 0 amide bonds. The minimum Gasteiger partial charge on any atom is -0.478 e. The zero-order valence-electron chi connectivity index (χ0n) is 21.0. The van der Waals surface area contributed by atoms with Crippen LogP contribution in [-0.2, 0) is 5.41 Å². The summed E-state index contributed by atoms with van der Waals surface area (Å²) in [5.41, 5.74) is -2.18. The van der Waals surface area contributed by atoms with Crippen molar-refractivity contribution >= 4 is 23.9 Å². The van der Waals surface area contributed by atoms with Crippen molar-refractivity contribution in [1.29, 1.82) is 0 Å². The lowest BCUT2D eigenvalue weighted by Crippen LogP contribution is -2.31. The third-order valence-electron chi connectivity index (χ3n) is 6.72. The van der Waals surface area contributed by atoms with Crippen molar-refractivity contribution in [3.05, 3.63) is 118 Å². The Hall–Kier alpha value is -5.24. The van der Waals surface area contributed by atoms with Gasteiger partial charge in [-0.25, -0.2) is 19.2 Å². The average Bonchev–Trinajstić information content (AvgIpc) is 2.92. The molecule has 196 valence electrons. The highest BCUT2D eigenvalue weighted by Crippen LogP contribution is 2.44. The number of rotatable bonds is 8. The van der Waals surface area contributed by atoms with E-state index in [0.29, 0.717) is 11.1 Å². The molecule has 0 saturated heterocycles. The van der Waals surface area contributed by atoms with E-state index in [1.165, 1.54) is 38.1 Å². The second-order valence-corrected chi connectivity index (χ2v) is 9.40. The summed E-state index contributed by atoms with van der Waals surface area (Å²) in [5.74, 6) is -5.75. The zero-order valence-corrected chi connectivity index (χ0v) is 21.0. The van der Waals surface area contributed by atoms with Gasteiger partial charge in [0.15, 0.2) is 0 Å². The second kappa shape index (κ2) is 10.3. The summed E-state index contributed by atoms with van der Waals surface area (Å²) in [6.07, 6.45) is 0. The maximum absolute atomic E-state index is 12.8. The minimum absolute atomic E-state index is 0.209. The molecule has 0 fully saturated rings. The molecule has 0 radical (unpaired) electrons. The molecule has 0 atom stereocenters. The Morgan fingerprint density at radius 3 is 1.10 bits per heavy atom. The molecule has 4 aromatic rings. The molecule has 0 aliphatic carbocycles. The summed E-state index contributed by atoms with van der Waals surface area (Å²) in [7, 11) is 0. The van der Waals surface area contributed by atoms with E-state index < -0.39 is 29.3 Å². The number of carboxylic acid groups (broad SMARTS) is 4. The topological polar surface area (TPSA) is 149 Å². The molecule has 0 heterocycles. The predicted molar refractivity (Wildman–Crippen MR) is 144 cm³/mol. The third kappa shape index (κ3) is 4.75. The normalized spacial score (nSPS) is 11.1. The summed E-state index contributed by atoms with van der Waals surface area (Å²) in [5, 5.41) is 41.0. The largest absolute Gasteiger partial charge is 0.478 e. The van der Waals surface area contributed by atoms with Crippen molar-refractivity contribution < 1.29 is 39.6 Å². The van der Waals surface area contributed by atoms with Crippen LogP contribution >= 0.6 is 0 Å². The average molecular weight is 525 g/mol. The van der Waals surface area contributed by atoms with Crippen LogP contribution in [0.25, 0.3) is 22.3 Å². The van der Waals surface area contributed by atoms with Gasteiger partial charge in [-0.2, -0.15) is 0 Å². The number of carboxylic acids is 4. The molecule has 0 unspecified atom stereocenters. The molecule has 0 bridgehead atoms. The van der Waals surface area contributed by atoms with Crippen molar-refractivity contribution in [1.82, 2.24) is 0 Å². The minimum atomic E-state index is -1.71. The van der Waals surface area contributed by atoms with E-state index in [9.17, 15) is 39.6 Å². The summed E-state index contributed by atoms with van der Waals surface area (Å²) in [6, 6.07) is 22.2. The van der Waals surface area contributed by atoms with Crippen molar-refractivity contribution in [2.45, 2.75) is 19.3 Å². The fraction of sp³-hybridized carbons (Fsp3) is 0.0968. The molecule has 4 rings (SSSR count). The zero-order chi connectivity index (χ0) is 28.5. The van der Waals surface area contributed by atoms with Gasteiger partial charge >= 0.3 is 23.9 Å². The monoisotopic (exact) mass is 524 g/mol. The Labute approximate surface area is 223 Å². The Bertz CT molecular complexity index is 1500. The number of carbonyl (C=O) groups is 4. The lowest BCUT2D eigenvalue weighted by molar-refractivity contribution is 0.0677. The molecule has 0 aliphatic rings.